The fraction of sp³-hybridized carbons (Fsp3) is 0.704. The normalized spacial score (nSPS) is 21.2. The van der Waals surface area contributed by atoms with E-state index in [0.29, 0.717) is 25.2 Å². The average molecular weight is 525 g/mol. The van der Waals surface area contributed by atoms with Crippen molar-refractivity contribution in [2.75, 3.05) is 39.8 Å². The standard InChI is InChI=1S/C27H42F2N4O4/c1-27(8-4-3-5-9-27)16-23(17-30-2)32-25(34)33-11-6-7-19(18-33)24(37-12-10-31-26(35)36)20-13-21(28)15-22(29)14-20/h13-15,19,23-24,30-31H,3-12,16-18H2,1-2H3,(H,32,34)(H,35,36). The van der Waals surface area contributed by atoms with Gasteiger partial charge in [-0.1, -0.05) is 26.2 Å². The molecular weight excluding hydrogens is 482 g/mol. The molecular formula is C27H42F2N4O4. The van der Waals surface area contributed by atoms with Crippen molar-refractivity contribution >= 4 is 12.1 Å². The Labute approximate surface area is 218 Å². The van der Waals surface area contributed by atoms with Gasteiger partial charge < -0.3 is 30.7 Å². The number of hydrogen-bond acceptors (Lipinski definition) is 4. The highest BCUT2D eigenvalue weighted by Crippen LogP contribution is 2.39. The lowest BCUT2D eigenvalue weighted by atomic mass is 9.72. The van der Waals surface area contributed by atoms with Crippen LogP contribution in [0.2, 0.25) is 0 Å². The number of benzene rings is 1. The monoisotopic (exact) mass is 524 g/mol. The molecule has 1 heterocycles. The highest BCUT2D eigenvalue weighted by molar-refractivity contribution is 5.74. The van der Waals surface area contributed by atoms with Crippen molar-refractivity contribution in [2.45, 2.75) is 70.4 Å². The SMILES string of the molecule is CNCC(CC1(C)CCCCC1)NC(=O)N1CCCC(C(OCCNC(=O)O)c2cc(F)cc(F)c2)C1. The average Bonchev–Trinajstić information content (AvgIpc) is 2.83. The lowest BCUT2D eigenvalue weighted by Crippen LogP contribution is -2.52. The van der Waals surface area contributed by atoms with Gasteiger partial charge in [-0.2, -0.15) is 0 Å². The second-order valence-electron chi connectivity index (χ2n) is 10.9. The first-order chi connectivity index (χ1) is 17.7. The number of carbonyl (C=O) groups excluding carboxylic acids is 1. The molecule has 10 heteroatoms. The second kappa shape index (κ2) is 13.9. The number of urea groups is 1. The third-order valence-electron chi connectivity index (χ3n) is 7.64. The number of piperidine rings is 1. The fourth-order valence-electron chi connectivity index (χ4n) is 5.92. The van der Waals surface area contributed by atoms with E-state index in [1.54, 1.807) is 4.90 Å². The molecule has 1 aliphatic heterocycles. The molecule has 4 N–H and O–H groups in total. The van der Waals surface area contributed by atoms with Crippen LogP contribution in [0.3, 0.4) is 0 Å². The lowest BCUT2D eigenvalue weighted by Gasteiger charge is -2.39. The number of rotatable bonds is 11. The maximum atomic E-state index is 14.0. The number of likely N-dealkylation sites (N-methyl/N-ethyl adjacent to an activating group) is 1. The van der Waals surface area contributed by atoms with Crippen molar-refractivity contribution < 1.29 is 28.2 Å². The van der Waals surface area contributed by atoms with Crippen LogP contribution in [-0.2, 0) is 4.74 Å². The van der Waals surface area contributed by atoms with Crippen LogP contribution < -0.4 is 16.0 Å². The van der Waals surface area contributed by atoms with Crippen molar-refractivity contribution in [3.8, 4) is 0 Å². The minimum Gasteiger partial charge on any atom is -0.465 e. The number of halogens is 2. The summed E-state index contributed by atoms with van der Waals surface area (Å²) in [5, 5.41) is 17.5. The van der Waals surface area contributed by atoms with Gasteiger partial charge in [-0.15, -0.1) is 0 Å². The number of nitrogens with zero attached hydrogens (tertiary/aromatic N) is 1. The van der Waals surface area contributed by atoms with Crippen LogP contribution in [0.4, 0.5) is 18.4 Å². The van der Waals surface area contributed by atoms with Gasteiger partial charge in [0.25, 0.3) is 0 Å². The molecule has 0 bridgehead atoms. The predicted molar refractivity (Wildman–Crippen MR) is 137 cm³/mol. The molecule has 1 aromatic rings. The van der Waals surface area contributed by atoms with Gasteiger partial charge >= 0.3 is 12.1 Å². The van der Waals surface area contributed by atoms with Gasteiger partial charge in [0, 0.05) is 44.2 Å². The third-order valence-corrected chi connectivity index (χ3v) is 7.64. The molecule has 3 unspecified atom stereocenters. The van der Waals surface area contributed by atoms with E-state index in [1.165, 1.54) is 44.2 Å². The molecule has 1 aliphatic carbocycles. The summed E-state index contributed by atoms with van der Waals surface area (Å²) in [6.07, 6.45) is 6.61. The maximum Gasteiger partial charge on any atom is 0.404 e. The number of carboxylic acid groups (broad SMARTS) is 1. The highest BCUT2D eigenvalue weighted by Gasteiger charge is 2.34. The summed E-state index contributed by atoms with van der Waals surface area (Å²) in [6, 6.07) is 3.16. The Bertz CT molecular complexity index is 877. The molecule has 0 spiro atoms. The molecule has 0 aromatic heterocycles. The maximum absolute atomic E-state index is 14.0. The molecule has 3 amide bonds. The van der Waals surface area contributed by atoms with E-state index in [4.69, 9.17) is 9.84 Å². The highest BCUT2D eigenvalue weighted by atomic mass is 19.1. The van der Waals surface area contributed by atoms with Crippen molar-refractivity contribution in [1.82, 2.24) is 20.9 Å². The molecule has 8 nitrogen and oxygen atoms in total. The number of nitrogens with one attached hydrogen (secondary N) is 3. The molecule has 37 heavy (non-hydrogen) atoms. The van der Waals surface area contributed by atoms with Crippen LogP contribution in [0.15, 0.2) is 18.2 Å². The Kier molecular flexibility index (Phi) is 10.9. The Balaban J connectivity index is 1.68. The number of carbonyl (C=O) groups is 2. The van der Waals surface area contributed by atoms with Crippen LogP contribution in [0.25, 0.3) is 0 Å². The zero-order valence-corrected chi connectivity index (χ0v) is 22.0. The molecule has 2 aliphatic rings. The molecule has 0 radical (unpaired) electrons. The van der Waals surface area contributed by atoms with Gasteiger partial charge in [-0.25, -0.2) is 18.4 Å². The van der Waals surface area contributed by atoms with Crippen LogP contribution in [0, 0.1) is 23.0 Å². The van der Waals surface area contributed by atoms with E-state index in [9.17, 15) is 18.4 Å². The van der Waals surface area contributed by atoms with E-state index in [2.05, 4.69) is 22.9 Å². The summed E-state index contributed by atoms with van der Waals surface area (Å²) in [7, 11) is 1.89. The van der Waals surface area contributed by atoms with Crippen LogP contribution in [0.5, 0.6) is 0 Å². The number of amides is 3. The summed E-state index contributed by atoms with van der Waals surface area (Å²) in [6.45, 7) is 4.06. The van der Waals surface area contributed by atoms with Crippen molar-refractivity contribution in [2.24, 2.45) is 11.3 Å². The molecule has 3 rings (SSSR count). The van der Waals surface area contributed by atoms with Gasteiger partial charge in [0.2, 0.25) is 0 Å². The first-order valence-corrected chi connectivity index (χ1v) is 13.4. The first kappa shape index (κ1) is 29.1. The van der Waals surface area contributed by atoms with Gasteiger partial charge in [-0.3, -0.25) is 0 Å². The van der Waals surface area contributed by atoms with Crippen LogP contribution >= 0.6 is 0 Å². The largest absolute Gasteiger partial charge is 0.465 e. The predicted octanol–water partition coefficient (Wildman–Crippen LogP) is 4.66. The van der Waals surface area contributed by atoms with Gasteiger partial charge in [-0.05, 0) is 62.3 Å². The lowest BCUT2D eigenvalue weighted by molar-refractivity contribution is -0.00888. The summed E-state index contributed by atoms with van der Waals surface area (Å²) in [4.78, 5) is 25.9. The number of likely N-dealkylation sites (tertiary alicyclic amines) is 1. The van der Waals surface area contributed by atoms with Crippen molar-refractivity contribution in [3.63, 3.8) is 0 Å². The molecule has 2 fully saturated rings. The zero-order chi connectivity index (χ0) is 26.8. The Morgan fingerprint density at radius 1 is 1.16 bits per heavy atom. The molecule has 1 saturated heterocycles. The van der Waals surface area contributed by atoms with Crippen LogP contribution in [0.1, 0.15) is 70.0 Å². The van der Waals surface area contributed by atoms with E-state index in [-0.39, 0.29) is 36.6 Å². The topological polar surface area (TPSA) is 103 Å². The third kappa shape index (κ3) is 9.10. The molecule has 208 valence electrons. The fourth-order valence-corrected chi connectivity index (χ4v) is 5.92. The second-order valence-corrected chi connectivity index (χ2v) is 10.9. The molecule has 3 atom stereocenters. The summed E-state index contributed by atoms with van der Waals surface area (Å²) < 4.78 is 34.0. The Morgan fingerprint density at radius 2 is 1.86 bits per heavy atom. The summed E-state index contributed by atoms with van der Waals surface area (Å²) >= 11 is 0. The van der Waals surface area contributed by atoms with E-state index >= 15 is 0 Å². The minimum atomic E-state index is -1.17. The number of ether oxygens (including phenoxy) is 1. The van der Waals surface area contributed by atoms with Gasteiger partial charge in [0.15, 0.2) is 0 Å². The minimum absolute atomic E-state index is 0.00688. The zero-order valence-electron chi connectivity index (χ0n) is 22.0. The molecule has 1 saturated carbocycles. The van der Waals surface area contributed by atoms with Gasteiger partial charge in [0.05, 0.1) is 12.7 Å². The molecule has 1 aromatic carbocycles. The summed E-state index contributed by atoms with van der Waals surface area (Å²) in [5.41, 5.74) is 0.570. The quantitative estimate of drug-likeness (QED) is 0.315. The summed E-state index contributed by atoms with van der Waals surface area (Å²) in [5.74, 6) is -1.60. The van der Waals surface area contributed by atoms with Crippen molar-refractivity contribution in [1.29, 1.82) is 0 Å². The van der Waals surface area contributed by atoms with Gasteiger partial charge in [0.1, 0.15) is 11.6 Å². The van der Waals surface area contributed by atoms with Crippen molar-refractivity contribution in [3.05, 3.63) is 35.4 Å². The smallest absolute Gasteiger partial charge is 0.404 e. The first-order valence-electron chi connectivity index (χ1n) is 13.4. The Morgan fingerprint density at radius 3 is 2.51 bits per heavy atom. The van der Waals surface area contributed by atoms with E-state index in [0.717, 1.165) is 25.3 Å². The van der Waals surface area contributed by atoms with Crippen LogP contribution in [-0.4, -0.2) is 68.0 Å². The van der Waals surface area contributed by atoms with E-state index in [1.807, 2.05) is 7.05 Å². The number of hydrogen-bond donors (Lipinski definition) is 4. The Hall–Kier alpha value is -2.46. The van der Waals surface area contributed by atoms with E-state index < -0.39 is 23.8 Å².